The molecule has 0 nitrogen and oxygen atoms in total. The van der Waals surface area contributed by atoms with Crippen LogP contribution in [0.3, 0.4) is 0 Å². The second kappa shape index (κ2) is 20.8. The van der Waals surface area contributed by atoms with Crippen molar-refractivity contribution >= 4 is 24.2 Å². The van der Waals surface area contributed by atoms with Crippen LogP contribution in [-0.2, 0) is 0 Å². The molecule has 0 fully saturated rings. The molecule has 1 heteroatoms. The van der Waals surface area contributed by atoms with Gasteiger partial charge < -0.3 is 0 Å². The van der Waals surface area contributed by atoms with E-state index in [9.17, 15) is 0 Å². The monoisotopic (exact) mass is 953 g/mol. The zero-order valence-corrected chi connectivity index (χ0v) is 48.1. The van der Waals surface area contributed by atoms with E-state index in [1.807, 2.05) is 0 Å². The predicted octanol–water partition coefficient (Wildman–Crippen LogP) is 18.8. The van der Waals surface area contributed by atoms with Crippen molar-refractivity contribution in [1.82, 2.24) is 0 Å². The molecule has 0 saturated carbocycles. The number of hydrogen-bond acceptors (Lipinski definition) is 0. The molecule has 0 bridgehead atoms. The van der Waals surface area contributed by atoms with E-state index in [1.54, 1.807) is 8.79 Å². The molecule has 0 N–H and O–H groups in total. The molecule has 6 aromatic carbocycles. The van der Waals surface area contributed by atoms with Crippen molar-refractivity contribution in [3.8, 4) is 44.5 Å². The predicted molar refractivity (Wildman–Crippen MR) is 301 cm³/mol. The average molecular weight is 952 g/mol. The number of rotatable bonds is 14. The van der Waals surface area contributed by atoms with Gasteiger partial charge in [0.2, 0.25) is 0 Å². The van der Waals surface area contributed by atoms with Crippen LogP contribution in [0.15, 0.2) is 72.8 Å². The van der Waals surface area contributed by atoms with Crippen molar-refractivity contribution in [2.24, 2.45) is 0 Å². The van der Waals surface area contributed by atoms with Gasteiger partial charge in [-0.3, -0.25) is 0 Å². The van der Waals surface area contributed by atoms with Gasteiger partial charge in [0.15, 0.2) is 0 Å². The van der Waals surface area contributed by atoms with Crippen LogP contribution in [0.5, 0.6) is 0 Å². The molecule has 6 aromatic rings. The first-order valence-electron chi connectivity index (χ1n) is 26.0. The summed E-state index contributed by atoms with van der Waals surface area (Å²) < 4.78 is 3.17. The SMILES string of the molecule is Cc1cc(C)c(-c2cccc(-c3c(C)cc(C)cc3C)[c]2[Ge][c]2c(-c3c(C(C)C)cc(C(C)C)cc3C(C)C)c(C(C)C)cc(C(C)C)c2-c2c(C(C)C)cc(C(C)C)cc2C(C)C)c(C)c1. The Morgan fingerprint density at radius 1 is 0.284 bits per heavy atom. The summed E-state index contributed by atoms with van der Waals surface area (Å²) in [5, 5.41) is 0. The van der Waals surface area contributed by atoms with Gasteiger partial charge in [-0.1, -0.05) is 0 Å². The van der Waals surface area contributed by atoms with Crippen molar-refractivity contribution in [2.75, 3.05) is 0 Å². The Hall–Kier alpha value is -4.14. The van der Waals surface area contributed by atoms with Gasteiger partial charge in [-0.15, -0.1) is 0 Å². The van der Waals surface area contributed by atoms with Crippen LogP contribution in [0.4, 0.5) is 0 Å². The molecule has 0 aromatic heterocycles. The molecular formula is C66H86Ge. The van der Waals surface area contributed by atoms with Crippen molar-refractivity contribution in [3.05, 3.63) is 151 Å². The molecule has 0 saturated heterocycles. The minimum atomic E-state index is -1.11. The molecule has 0 aliphatic carbocycles. The first kappa shape index (κ1) is 52.2. The number of benzene rings is 6. The topological polar surface area (TPSA) is 0 Å². The van der Waals surface area contributed by atoms with Crippen LogP contribution in [0.25, 0.3) is 44.5 Å². The van der Waals surface area contributed by atoms with Gasteiger partial charge >= 0.3 is 419 Å². The Bertz CT molecular complexity index is 2490. The number of hydrogen-bond donors (Lipinski definition) is 0. The van der Waals surface area contributed by atoms with Crippen molar-refractivity contribution in [3.63, 3.8) is 0 Å². The van der Waals surface area contributed by atoms with Crippen LogP contribution in [0.2, 0.25) is 0 Å². The quantitative estimate of drug-likeness (QED) is 0.0955. The van der Waals surface area contributed by atoms with Gasteiger partial charge in [-0.05, 0) is 0 Å². The zero-order valence-electron chi connectivity index (χ0n) is 46.0. The van der Waals surface area contributed by atoms with Crippen LogP contribution in [-0.4, -0.2) is 15.4 Å². The molecule has 0 atom stereocenters. The minimum absolute atomic E-state index is 0.326. The molecule has 0 unspecified atom stereocenters. The van der Waals surface area contributed by atoms with Crippen LogP contribution < -0.4 is 8.79 Å². The third-order valence-corrected chi connectivity index (χ3v) is 17.8. The molecule has 0 heterocycles. The van der Waals surface area contributed by atoms with Crippen molar-refractivity contribution < 1.29 is 0 Å². The van der Waals surface area contributed by atoms with E-state index >= 15 is 0 Å². The Kier molecular flexibility index (Phi) is 16.2. The van der Waals surface area contributed by atoms with Crippen LogP contribution >= 0.6 is 0 Å². The summed E-state index contributed by atoms with van der Waals surface area (Å²) >= 11 is -1.11. The van der Waals surface area contributed by atoms with Gasteiger partial charge in [-0.25, -0.2) is 0 Å². The summed E-state index contributed by atoms with van der Waals surface area (Å²) in [7, 11) is 0. The van der Waals surface area contributed by atoms with Gasteiger partial charge in [-0.2, -0.15) is 0 Å². The van der Waals surface area contributed by atoms with Gasteiger partial charge in [0, 0.05) is 0 Å². The average Bonchev–Trinajstić information content (AvgIpc) is 3.22. The first-order chi connectivity index (χ1) is 31.3. The van der Waals surface area contributed by atoms with E-state index in [0.29, 0.717) is 47.3 Å². The molecule has 6 rings (SSSR count). The van der Waals surface area contributed by atoms with Gasteiger partial charge in [0.1, 0.15) is 0 Å². The maximum absolute atomic E-state index is 2.71. The van der Waals surface area contributed by atoms with E-state index < -0.39 is 15.4 Å². The summed E-state index contributed by atoms with van der Waals surface area (Å²) in [5.41, 5.74) is 31.7. The summed E-state index contributed by atoms with van der Waals surface area (Å²) in [6, 6.07) is 30.1. The Morgan fingerprint density at radius 3 is 0.806 bits per heavy atom. The first-order valence-corrected chi connectivity index (χ1v) is 28.1. The molecule has 0 aliphatic heterocycles. The Balaban J connectivity index is 2.02. The second-order valence-electron chi connectivity index (χ2n) is 23.0. The third kappa shape index (κ3) is 10.4. The van der Waals surface area contributed by atoms with Crippen LogP contribution in [0.1, 0.15) is 236 Å². The standard InChI is InChI=1S/C66H86Ge/c1-35(2)49-30-53(37(5)6)61(54(31-49)38(7)8)63-57(41(13)14)34-58(42(15)16)64(62-55(39(9)10)32-50(36(3)4)33-56(62)40(11)12)66(63)67-65-51(59-45(19)26-43(17)27-46(59)20)24-23-25-52(65)60-47(21)28-44(18)29-48(60)22/h23-42H,1-22H3. The maximum atomic E-state index is 2.71. The molecule has 0 amide bonds. The summed E-state index contributed by atoms with van der Waals surface area (Å²) in [4.78, 5) is 0. The van der Waals surface area contributed by atoms with E-state index in [0.717, 1.165) is 0 Å². The molecule has 0 aliphatic rings. The molecular weight excluding hydrogens is 865 g/mol. The zero-order chi connectivity index (χ0) is 49.7. The summed E-state index contributed by atoms with van der Waals surface area (Å²) in [5.74, 6) is 2.96. The fourth-order valence-corrected chi connectivity index (χ4v) is 14.8. The van der Waals surface area contributed by atoms with Gasteiger partial charge in [0.05, 0.1) is 0 Å². The molecule has 354 valence electrons. The van der Waals surface area contributed by atoms with Gasteiger partial charge in [0.25, 0.3) is 0 Å². The van der Waals surface area contributed by atoms with E-state index in [4.69, 9.17) is 0 Å². The Labute approximate surface area is 416 Å². The fourth-order valence-electron chi connectivity index (χ4n) is 11.2. The molecule has 0 spiro atoms. The molecule has 2 radical (unpaired) electrons. The molecule has 67 heavy (non-hydrogen) atoms. The van der Waals surface area contributed by atoms with Crippen LogP contribution in [0, 0.1) is 41.5 Å². The van der Waals surface area contributed by atoms with Crippen molar-refractivity contribution in [2.45, 2.75) is 200 Å². The number of aryl methyl sites for hydroxylation is 6. The third-order valence-electron chi connectivity index (χ3n) is 14.6. The Morgan fingerprint density at radius 2 is 0.552 bits per heavy atom. The van der Waals surface area contributed by atoms with E-state index in [2.05, 4.69) is 225 Å². The normalized spacial score (nSPS) is 12.3. The van der Waals surface area contributed by atoms with E-state index in [-0.39, 0.29) is 0 Å². The summed E-state index contributed by atoms with van der Waals surface area (Å²) in [6.45, 7) is 52.8. The fraction of sp³-hybridized carbons (Fsp3) is 0.455. The van der Waals surface area contributed by atoms with E-state index in [1.165, 1.54) is 122 Å². The summed E-state index contributed by atoms with van der Waals surface area (Å²) in [6.07, 6.45) is 0. The second-order valence-corrected chi connectivity index (χ2v) is 25.6. The van der Waals surface area contributed by atoms with Crippen molar-refractivity contribution in [1.29, 1.82) is 0 Å².